The molecule has 0 aromatic heterocycles. The van der Waals surface area contributed by atoms with E-state index >= 15 is 0 Å². The van der Waals surface area contributed by atoms with Crippen LogP contribution < -0.4 is 10.2 Å². The van der Waals surface area contributed by atoms with Crippen LogP contribution in [0.3, 0.4) is 0 Å². The zero-order valence-electron chi connectivity index (χ0n) is 9.48. The number of rotatable bonds is 2. The van der Waals surface area contributed by atoms with Crippen LogP contribution in [-0.2, 0) is 4.79 Å². The summed E-state index contributed by atoms with van der Waals surface area (Å²) in [6, 6.07) is 6.06. The smallest absolute Gasteiger partial charge is 0.226 e. The Labute approximate surface area is 99.6 Å². The molecule has 0 spiro atoms. The molecule has 1 aliphatic carbocycles. The van der Waals surface area contributed by atoms with Gasteiger partial charge < -0.3 is 10.2 Å². The number of fused-ring (bicyclic) bond motifs is 1. The minimum atomic E-state index is 0.0254. The second-order valence-electron chi connectivity index (χ2n) is 4.62. The number of hydrogen-bond donors (Lipinski definition) is 1. The van der Waals surface area contributed by atoms with Gasteiger partial charge in [0.05, 0.1) is 11.4 Å². The Morgan fingerprint density at radius 1 is 1.35 bits per heavy atom. The van der Waals surface area contributed by atoms with E-state index in [0.717, 1.165) is 24.2 Å². The van der Waals surface area contributed by atoms with Crippen molar-refractivity contribution >= 4 is 23.6 Å². The van der Waals surface area contributed by atoms with Gasteiger partial charge >= 0.3 is 0 Å². The molecule has 1 saturated carbocycles. The molecule has 1 aromatic rings. The van der Waals surface area contributed by atoms with Gasteiger partial charge in [-0.15, -0.1) is 0 Å². The number of amides is 1. The van der Waals surface area contributed by atoms with Gasteiger partial charge in [0.25, 0.3) is 0 Å². The van der Waals surface area contributed by atoms with Crippen molar-refractivity contribution in [2.24, 2.45) is 0 Å². The van der Waals surface area contributed by atoms with Gasteiger partial charge in [0.15, 0.2) is 0 Å². The molecule has 1 aliphatic heterocycles. The van der Waals surface area contributed by atoms with Gasteiger partial charge in [-0.2, -0.15) is 0 Å². The largest absolute Gasteiger partial charge is 0.366 e. The third-order valence-electron chi connectivity index (χ3n) is 3.31. The predicted molar refractivity (Wildman–Crippen MR) is 65.4 cm³/mol. The van der Waals surface area contributed by atoms with Crippen LogP contribution >= 0.6 is 0 Å². The lowest BCUT2D eigenvalue weighted by Gasteiger charge is -2.23. The Hall–Kier alpha value is -1.84. The fraction of sp³-hybridized carbons (Fsp3) is 0.385. The Morgan fingerprint density at radius 3 is 2.88 bits per heavy atom. The molecule has 0 radical (unpaired) electrons. The molecule has 1 aromatic carbocycles. The standard InChI is InChI=1S/C13H14N2O2/c16-8-9-1-4-12-11(7-9)14-13(17)5-6-15(12)10-2-3-10/h1,4,7-8,10H,2-3,5-6H2,(H,14,17). The number of benzene rings is 1. The summed E-state index contributed by atoms with van der Waals surface area (Å²) in [5.74, 6) is 0.0254. The minimum absolute atomic E-state index is 0.0254. The van der Waals surface area contributed by atoms with Gasteiger partial charge in [-0.1, -0.05) is 0 Å². The van der Waals surface area contributed by atoms with Crippen molar-refractivity contribution in [1.82, 2.24) is 0 Å². The summed E-state index contributed by atoms with van der Waals surface area (Å²) in [5.41, 5.74) is 2.41. The van der Waals surface area contributed by atoms with E-state index in [9.17, 15) is 9.59 Å². The second-order valence-corrected chi connectivity index (χ2v) is 4.62. The van der Waals surface area contributed by atoms with E-state index in [1.54, 1.807) is 12.1 Å². The van der Waals surface area contributed by atoms with Gasteiger partial charge in [-0.3, -0.25) is 9.59 Å². The third kappa shape index (κ3) is 1.90. The summed E-state index contributed by atoms with van der Waals surface area (Å²) in [6.07, 6.45) is 3.71. The van der Waals surface area contributed by atoms with Crippen molar-refractivity contribution in [3.8, 4) is 0 Å². The highest BCUT2D eigenvalue weighted by Gasteiger charge is 2.32. The van der Waals surface area contributed by atoms with E-state index in [1.165, 1.54) is 12.8 Å². The molecule has 2 aliphatic rings. The molecule has 1 heterocycles. The molecular formula is C13H14N2O2. The van der Waals surface area contributed by atoms with Crippen LogP contribution in [0, 0.1) is 0 Å². The number of nitrogens with zero attached hydrogens (tertiary/aromatic N) is 1. The average molecular weight is 230 g/mol. The predicted octanol–water partition coefficient (Wildman–Crippen LogP) is 1.81. The summed E-state index contributed by atoms with van der Waals surface area (Å²) in [6.45, 7) is 0.768. The van der Waals surface area contributed by atoms with Crippen LogP contribution in [-0.4, -0.2) is 24.8 Å². The second kappa shape index (κ2) is 3.87. The first-order valence-electron chi connectivity index (χ1n) is 5.93. The van der Waals surface area contributed by atoms with Gasteiger partial charge in [-0.05, 0) is 31.0 Å². The fourth-order valence-corrected chi connectivity index (χ4v) is 2.30. The number of carbonyl (C=O) groups is 2. The molecule has 1 amide bonds. The molecule has 0 unspecified atom stereocenters. The Balaban J connectivity index is 2.04. The molecule has 88 valence electrons. The van der Waals surface area contributed by atoms with Crippen LogP contribution in [0.1, 0.15) is 29.6 Å². The maximum absolute atomic E-state index is 11.6. The molecule has 4 heteroatoms. The van der Waals surface area contributed by atoms with E-state index in [1.807, 2.05) is 6.07 Å². The summed E-state index contributed by atoms with van der Waals surface area (Å²) < 4.78 is 0. The number of carbonyl (C=O) groups excluding carboxylic acids is 2. The molecule has 0 atom stereocenters. The first-order chi connectivity index (χ1) is 8.28. The lowest BCUT2D eigenvalue weighted by Crippen LogP contribution is -2.26. The Kier molecular flexibility index (Phi) is 2.35. The van der Waals surface area contributed by atoms with E-state index < -0.39 is 0 Å². The van der Waals surface area contributed by atoms with Crippen molar-refractivity contribution in [2.75, 3.05) is 16.8 Å². The van der Waals surface area contributed by atoms with Crippen LogP contribution in [0.2, 0.25) is 0 Å². The molecular weight excluding hydrogens is 216 g/mol. The van der Waals surface area contributed by atoms with E-state index in [2.05, 4.69) is 10.2 Å². The SMILES string of the molecule is O=Cc1ccc2c(c1)NC(=O)CCN2C1CC1. The summed E-state index contributed by atoms with van der Waals surface area (Å²) >= 11 is 0. The zero-order chi connectivity index (χ0) is 11.8. The van der Waals surface area contributed by atoms with Crippen molar-refractivity contribution in [2.45, 2.75) is 25.3 Å². The van der Waals surface area contributed by atoms with Crippen molar-refractivity contribution in [3.63, 3.8) is 0 Å². The number of aldehydes is 1. The minimum Gasteiger partial charge on any atom is -0.366 e. The molecule has 4 nitrogen and oxygen atoms in total. The highest BCUT2D eigenvalue weighted by Crippen LogP contribution is 2.37. The number of nitrogens with one attached hydrogen (secondary N) is 1. The third-order valence-corrected chi connectivity index (χ3v) is 3.31. The van der Waals surface area contributed by atoms with Crippen molar-refractivity contribution in [1.29, 1.82) is 0 Å². The van der Waals surface area contributed by atoms with Crippen LogP contribution in [0.15, 0.2) is 18.2 Å². The fourth-order valence-electron chi connectivity index (χ4n) is 2.30. The normalized spacial score (nSPS) is 19.3. The average Bonchev–Trinajstić information content (AvgIpc) is 3.14. The molecule has 3 rings (SSSR count). The van der Waals surface area contributed by atoms with E-state index in [0.29, 0.717) is 18.0 Å². The lowest BCUT2D eigenvalue weighted by atomic mass is 10.1. The lowest BCUT2D eigenvalue weighted by molar-refractivity contribution is -0.115. The van der Waals surface area contributed by atoms with Crippen molar-refractivity contribution < 1.29 is 9.59 Å². The number of hydrogen-bond acceptors (Lipinski definition) is 3. The molecule has 0 bridgehead atoms. The van der Waals surface area contributed by atoms with Crippen molar-refractivity contribution in [3.05, 3.63) is 23.8 Å². The molecule has 1 N–H and O–H groups in total. The number of anilines is 2. The maximum atomic E-state index is 11.6. The first-order valence-corrected chi connectivity index (χ1v) is 5.93. The van der Waals surface area contributed by atoms with E-state index in [4.69, 9.17) is 0 Å². The Bertz CT molecular complexity index is 480. The van der Waals surface area contributed by atoms with Gasteiger partial charge in [0, 0.05) is 24.6 Å². The molecule has 0 saturated heterocycles. The van der Waals surface area contributed by atoms with Gasteiger partial charge in [0.1, 0.15) is 6.29 Å². The monoisotopic (exact) mass is 230 g/mol. The molecule has 1 fully saturated rings. The maximum Gasteiger partial charge on any atom is 0.226 e. The first kappa shape index (κ1) is 10.3. The van der Waals surface area contributed by atoms with Crippen LogP contribution in [0.4, 0.5) is 11.4 Å². The van der Waals surface area contributed by atoms with Crippen LogP contribution in [0.5, 0.6) is 0 Å². The van der Waals surface area contributed by atoms with Crippen LogP contribution in [0.25, 0.3) is 0 Å². The Morgan fingerprint density at radius 2 is 2.18 bits per heavy atom. The topological polar surface area (TPSA) is 49.4 Å². The summed E-state index contributed by atoms with van der Waals surface area (Å²) in [7, 11) is 0. The zero-order valence-corrected chi connectivity index (χ0v) is 9.48. The summed E-state index contributed by atoms with van der Waals surface area (Å²) in [4.78, 5) is 24.6. The van der Waals surface area contributed by atoms with Gasteiger partial charge in [-0.25, -0.2) is 0 Å². The van der Waals surface area contributed by atoms with E-state index in [-0.39, 0.29) is 5.91 Å². The highest BCUT2D eigenvalue weighted by atomic mass is 16.1. The van der Waals surface area contributed by atoms with Gasteiger partial charge in [0.2, 0.25) is 5.91 Å². The summed E-state index contributed by atoms with van der Waals surface area (Å²) in [5, 5.41) is 2.87. The highest BCUT2D eigenvalue weighted by molar-refractivity contribution is 5.97. The molecule has 17 heavy (non-hydrogen) atoms. The quantitative estimate of drug-likeness (QED) is 0.788.